The molecule has 0 amide bonds. The zero-order chi connectivity index (χ0) is 28.4. The molecule has 212 valence electrons. The van der Waals surface area contributed by atoms with Crippen LogP contribution in [0.1, 0.15) is 32.9 Å². The second-order valence-electron chi connectivity index (χ2n) is 9.59. The van der Waals surface area contributed by atoms with Gasteiger partial charge in [-0.05, 0) is 38.1 Å². The van der Waals surface area contributed by atoms with E-state index in [9.17, 15) is 13.2 Å². The molecular formula is C27H34N8O4S. The van der Waals surface area contributed by atoms with Gasteiger partial charge in [0.05, 0.1) is 24.1 Å². The van der Waals surface area contributed by atoms with Crippen molar-refractivity contribution in [2.75, 3.05) is 39.3 Å². The van der Waals surface area contributed by atoms with Gasteiger partial charge < -0.3 is 9.64 Å². The van der Waals surface area contributed by atoms with Gasteiger partial charge in [0, 0.05) is 39.4 Å². The highest BCUT2D eigenvalue weighted by molar-refractivity contribution is 7.89. The predicted molar refractivity (Wildman–Crippen MR) is 151 cm³/mol. The molecule has 5 heterocycles. The molecule has 0 aromatic carbocycles. The number of sulfonamides is 1. The Kier molecular flexibility index (Phi) is 7.97. The number of rotatable bonds is 9. The molecule has 13 heteroatoms. The zero-order valence-electron chi connectivity index (χ0n) is 23.2. The van der Waals surface area contributed by atoms with Gasteiger partial charge in [0.1, 0.15) is 16.2 Å². The summed E-state index contributed by atoms with van der Waals surface area (Å²) in [5.41, 5.74) is 1.36. The second-order valence-corrected chi connectivity index (χ2v) is 11.5. The Balaban J connectivity index is 1.68. The van der Waals surface area contributed by atoms with Gasteiger partial charge in [-0.15, -0.1) is 0 Å². The number of hydrogen-bond acceptors (Lipinski definition) is 9. The van der Waals surface area contributed by atoms with Gasteiger partial charge in [-0.3, -0.25) is 9.36 Å². The van der Waals surface area contributed by atoms with Gasteiger partial charge >= 0.3 is 0 Å². The van der Waals surface area contributed by atoms with Crippen molar-refractivity contribution in [1.82, 2.24) is 38.5 Å². The van der Waals surface area contributed by atoms with E-state index < -0.39 is 10.0 Å². The zero-order valence-corrected chi connectivity index (χ0v) is 24.1. The average molecular weight is 567 g/mol. The summed E-state index contributed by atoms with van der Waals surface area (Å²) in [5.74, 6) is 1.04. The molecule has 4 aromatic heterocycles. The van der Waals surface area contributed by atoms with Crippen LogP contribution in [0.25, 0.3) is 28.2 Å². The summed E-state index contributed by atoms with van der Waals surface area (Å²) in [4.78, 5) is 29.5. The minimum Gasteiger partial charge on any atom is -0.477 e. The Hall–Kier alpha value is -3.68. The maximum Gasteiger partial charge on any atom is 0.281 e. The lowest BCUT2D eigenvalue weighted by molar-refractivity contribution is 0.196. The van der Waals surface area contributed by atoms with Crippen molar-refractivity contribution in [3.8, 4) is 23.1 Å². The van der Waals surface area contributed by atoms with Crippen molar-refractivity contribution < 1.29 is 13.2 Å². The quantitative estimate of drug-likeness (QED) is 0.300. The summed E-state index contributed by atoms with van der Waals surface area (Å²) in [7, 11) is -2.23. The highest BCUT2D eigenvalue weighted by Crippen LogP contribution is 2.31. The summed E-state index contributed by atoms with van der Waals surface area (Å²) in [5, 5.41) is 4.59. The van der Waals surface area contributed by atoms with Crippen LogP contribution in [0, 0.1) is 0 Å². The highest BCUT2D eigenvalue weighted by Gasteiger charge is 2.30. The van der Waals surface area contributed by atoms with E-state index in [1.807, 2.05) is 32.0 Å². The molecule has 0 aliphatic carbocycles. The maximum absolute atomic E-state index is 13.6. The van der Waals surface area contributed by atoms with Crippen LogP contribution in [-0.4, -0.2) is 86.3 Å². The second kappa shape index (κ2) is 11.4. The number of aryl methyl sites for hydroxylation is 1. The smallest absolute Gasteiger partial charge is 0.281 e. The van der Waals surface area contributed by atoms with Crippen LogP contribution in [0.2, 0.25) is 0 Å². The third-order valence-electron chi connectivity index (χ3n) is 7.11. The molecule has 5 rings (SSSR count). The Morgan fingerprint density at radius 2 is 1.80 bits per heavy atom. The first-order valence-electron chi connectivity index (χ1n) is 13.6. The Bertz CT molecular complexity index is 1680. The molecule has 12 nitrogen and oxygen atoms in total. The lowest BCUT2D eigenvalue weighted by Gasteiger charge is -2.33. The first-order valence-corrected chi connectivity index (χ1v) is 15.0. The molecule has 1 saturated heterocycles. The van der Waals surface area contributed by atoms with Crippen molar-refractivity contribution in [3.63, 3.8) is 0 Å². The highest BCUT2D eigenvalue weighted by atomic mass is 32.2. The molecule has 40 heavy (non-hydrogen) atoms. The van der Waals surface area contributed by atoms with Crippen molar-refractivity contribution >= 4 is 21.1 Å². The van der Waals surface area contributed by atoms with E-state index >= 15 is 0 Å². The SMILES string of the molecule is CCCc1c2nc(-c3cc(S(=O)(=O)N4CCN(CC)CC4)cnc3OCC)n(C)c(=O)c2nn1-c1ccccn1. The normalized spacial score (nSPS) is 15.1. The first kappa shape index (κ1) is 27.9. The van der Waals surface area contributed by atoms with Crippen LogP contribution in [0.5, 0.6) is 5.88 Å². The molecule has 1 aliphatic heterocycles. The number of piperazine rings is 1. The molecule has 0 N–H and O–H groups in total. The lowest BCUT2D eigenvalue weighted by atomic mass is 10.2. The van der Waals surface area contributed by atoms with E-state index in [4.69, 9.17) is 9.72 Å². The number of nitrogens with zero attached hydrogens (tertiary/aromatic N) is 8. The van der Waals surface area contributed by atoms with Crippen LogP contribution in [-0.2, 0) is 23.5 Å². The number of ether oxygens (including phenoxy) is 1. The Morgan fingerprint density at radius 3 is 2.45 bits per heavy atom. The standard InChI is InChI=1S/C27H34N8O4S/c1-5-10-21-23-24(31-35(21)22-11-8-9-12-28-22)27(36)32(4)25(30-23)20-17-19(18-29-26(20)39-7-3)40(37,38)34-15-13-33(6-2)14-16-34/h8-9,11-12,17-18H,5-7,10,13-16H2,1-4H3. The van der Waals surface area contributed by atoms with E-state index in [-0.39, 0.29) is 27.7 Å². The van der Waals surface area contributed by atoms with Gasteiger partial charge in [0.25, 0.3) is 5.56 Å². The Morgan fingerprint density at radius 1 is 1.02 bits per heavy atom. The van der Waals surface area contributed by atoms with E-state index in [2.05, 4.69) is 26.9 Å². The number of likely N-dealkylation sites (N-methyl/N-ethyl adjacent to an activating group) is 1. The van der Waals surface area contributed by atoms with Crippen LogP contribution in [0.3, 0.4) is 0 Å². The van der Waals surface area contributed by atoms with Gasteiger partial charge in [0.2, 0.25) is 15.9 Å². The first-order chi connectivity index (χ1) is 19.3. The monoisotopic (exact) mass is 566 g/mol. The molecule has 0 radical (unpaired) electrons. The summed E-state index contributed by atoms with van der Waals surface area (Å²) >= 11 is 0. The van der Waals surface area contributed by atoms with Gasteiger partial charge in [-0.1, -0.05) is 26.3 Å². The molecular weight excluding hydrogens is 532 g/mol. The molecule has 1 fully saturated rings. The summed E-state index contributed by atoms with van der Waals surface area (Å²) in [6.45, 7) is 9.22. The van der Waals surface area contributed by atoms with Crippen molar-refractivity contribution in [2.24, 2.45) is 7.05 Å². The Labute approximate surface area is 233 Å². The predicted octanol–water partition coefficient (Wildman–Crippen LogP) is 2.25. The molecule has 0 unspecified atom stereocenters. The fraction of sp³-hybridized carbons (Fsp3) is 0.444. The van der Waals surface area contributed by atoms with Crippen LogP contribution >= 0.6 is 0 Å². The van der Waals surface area contributed by atoms with Gasteiger partial charge in [0.15, 0.2) is 11.3 Å². The maximum atomic E-state index is 13.6. The molecule has 0 saturated carbocycles. The number of hydrogen-bond donors (Lipinski definition) is 0. The minimum absolute atomic E-state index is 0.0307. The molecule has 0 spiro atoms. The van der Waals surface area contributed by atoms with Gasteiger partial charge in [-0.2, -0.15) is 9.40 Å². The van der Waals surface area contributed by atoms with Crippen LogP contribution in [0.4, 0.5) is 0 Å². The molecule has 1 aliphatic rings. The summed E-state index contributed by atoms with van der Waals surface area (Å²) < 4.78 is 37.5. The number of aromatic nitrogens is 6. The van der Waals surface area contributed by atoms with Crippen molar-refractivity contribution in [3.05, 3.63) is 52.7 Å². The third kappa shape index (κ3) is 5.00. The van der Waals surface area contributed by atoms with Crippen LogP contribution in [0.15, 0.2) is 46.3 Å². The van der Waals surface area contributed by atoms with E-state index in [1.165, 1.54) is 21.1 Å². The molecule has 4 aromatic rings. The molecule has 0 atom stereocenters. The summed E-state index contributed by atoms with van der Waals surface area (Å²) in [6, 6.07) is 7.00. The van der Waals surface area contributed by atoms with E-state index in [1.54, 1.807) is 17.9 Å². The minimum atomic E-state index is -3.82. The molecule has 0 bridgehead atoms. The van der Waals surface area contributed by atoms with E-state index in [0.29, 0.717) is 56.1 Å². The number of pyridine rings is 2. The topological polar surface area (TPSA) is 128 Å². The number of fused-ring (bicyclic) bond motifs is 1. The van der Waals surface area contributed by atoms with Crippen LogP contribution < -0.4 is 10.3 Å². The van der Waals surface area contributed by atoms with Crippen molar-refractivity contribution in [1.29, 1.82) is 0 Å². The van der Waals surface area contributed by atoms with E-state index in [0.717, 1.165) is 18.7 Å². The largest absolute Gasteiger partial charge is 0.477 e. The fourth-order valence-corrected chi connectivity index (χ4v) is 6.33. The summed E-state index contributed by atoms with van der Waals surface area (Å²) in [6.07, 6.45) is 4.39. The fourth-order valence-electron chi connectivity index (χ4n) is 4.93. The van der Waals surface area contributed by atoms with Crippen molar-refractivity contribution in [2.45, 2.75) is 38.5 Å². The van der Waals surface area contributed by atoms with Gasteiger partial charge in [-0.25, -0.2) is 28.1 Å². The lowest BCUT2D eigenvalue weighted by Crippen LogP contribution is -2.48. The third-order valence-corrected chi connectivity index (χ3v) is 8.98. The average Bonchev–Trinajstić information content (AvgIpc) is 3.34.